The molecule has 20 heavy (non-hydrogen) atoms. The van der Waals surface area contributed by atoms with Crippen molar-refractivity contribution in [3.8, 4) is 0 Å². The van der Waals surface area contributed by atoms with Crippen LogP contribution in [0.4, 0.5) is 0 Å². The summed E-state index contributed by atoms with van der Waals surface area (Å²) in [7, 11) is 0. The number of aryl methyl sites for hydroxylation is 1. The number of carboxylic acid groups (broad SMARTS) is 1. The predicted molar refractivity (Wildman–Crippen MR) is 72.1 cm³/mol. The Morgan fingerprint density at radius 1 is 1.35 bits per heavy atom. The van der Waals surface area contributed by atoms with Gasteiger partial charge in [0, 0.05) is 6.20 Å². The van der Waals surface area contributed by atoms with E-state index >= 15 is 0 Å². The van der Waals surface area contributed by atoms with Crippen molar-refractivity contribution in [1.29, 1.82) is 0 Å². The molecule has 2 aromatic heterocycles. The van der Waals surface area contributed by atoms with E-state index in [0.29, 0.717) is 5.69 Å². The van der Waals surface area contributed by atoms with E-state index in [1.807, 2.05) is 0 Å². The third-order valence-corrected chi connectivity index (χ3v) is 2.65. The predicted octanol–water partition coefficient (Wildman–Crippen LogP) is 2.30. The molecule has 0 spiro atoms. The van der Waals surface area contributed by atoms with Gasteiger partial charge in [0.2, 0.25) is 0 Å². The fourth-order valence-electron chi connectivity index (χ4n) is 1.92. The minimum absolute atomic E-state index is 0.0467. The molecule has 0 saturated carbocycles. The summed E-state index contributed by atoms with van der Waals surface area (Å²) in [6.07, 6.45) is 1.60. The zero-order valence-electron chi connectivity index (χ0n) is 11.8. The molecule has 0 aliphatic carbocycles. The summed E-state index contributed by atoms with van der Waals surface area (Å²) >= 11 is 0. The summed E-state index contributed by atoms with van der Waals surface area (Å²) in [6, 6.07) is 3.01. The summed E-state index contributed by atoms with van der Waals surface area (Å²) in [4.78, 5) is 27.5. The van der Waals surface area contributed by atoms with Gasteiger partial charge in [0.1, 0.15) is 11.2 Å². The van der Waals surface area contributed by atoms with E-state index in [2.05, 4.69) is 4.98 Å². The second-order valence-corrected chi connectivity index (χ2v) is 5.47. The molecule has 0 unspecified atom stereocenters. The van der Waals surface area contributed by atoms with E-state index in [1.54, 1.807) is 40.0 Å². The third-order valence-electron chi connectivity index (χ3n) is 2.65. The standard InChI is InChI=1S/C14H16N2O4/c1-8-10(13(19)20-14(2,3)4)16-7-5-6-9(12(17)18)11(16)15-8/h5-7H,1-4H3,(H,17,18). The maximum absolute atomic E-state index is 12.2. The number of carbonyl (C=O) groups is 2. The average Bonchev–Trinajstić information content (AvgIpc) is 2.61. The summed E-state index contributed by atoms with van der Waals surface area (Å²) in [6.45, 7) is 6.96. The number of nitrogens with zero attached hydrogens (tertiary/aromatic N) is 2. The van der Waals surface area contributed by atoms with Crippen molar-refractivity contribution in [2.24, 2.45) is 0 Å². The zero-order valence-corrected chi connectivity index (χ0v) is 11.8. The number of aromatic carboxylic acids is 1. The maximum Gasteiger partial charge on any atom is 0.357 e. The van der Waals surface area contributed by atoms with Crippen molar-refractivity contribution in [2.75, 3.05) is 0 Å². The fraction of sp³-hybridized carbons (Fsp3) is 0.357. The Balaban J connectivity index is 2.61. The van der Waals surface area contributed by atoms with Gasteiger partial charge in [-0.25, -0.2) is 14.6 Å². The van der Waals surface area contributed by atoms with Crippen LogP contribution in [-0.4, -0.2) is 32.0 Å². The first-order valence-electron chi connectivity index (χ1n) is 6.15. The molecule has 2 rings (SSSR count). The second-order valence-electron chi connectivity index (χ2n) is 5.47. The summed E-state index contributed by atoms with van der Waals surface area (Å²) < 4.78 is 6.78. The molecule has 0 atom stereocenters. The molecule has 0 radical (unpaired) electrons. The van der Waals surface area contributed by atoms with Gasteiger partial charge in [-0.15, -0.1) is 0 Å². The number of rotatable bonds is 2. The summed E-state index contributed by atoms with van der Waals surface area (Å²) in [5, 5.41) is 9.14. The van der Waals surface area contributed by atoms with E-state index < -0.39 is 17.5 Å². The molecule has 106 valence electrons. The monoisotopic (exact) mass is 276 g/mol. The van der Waals surface area contributed by atoms with Gasteiger partial charge < -0.3 is 9.84 Å². The average molecular weight is 276 g/mol. The van der Waals surface area contributed by atoms with Crippen LogP contribution in [0.1, 0.15) is 47.3 Å². The van der Waals surface area contributed by atoms with E-state index in [1.165, 1.54) is 10.5 Å². The van der Waals surface area contributed by atoms with Crippen molar-refractivity contribution in [3.63, 3.8) is 0 Å². The van der Waals surface area contributed by atoms with Crippen LogP contribution in [0.15, 0.2) is 18.3 Å². The first-order valence-corrected chi connectivity index (χ1v) is 6.15. The van der Waals surface area contributed by atoms with Crippen molar-refractivity contribution in [1.82, 2.24) is 9.38 Å². The molecule has 0 fully saturated rings. The van der Waals surface area contributed by atoms with Crippen LogP contribution in [0.25, 0.3) is 5.65 Å². The highest BCUT2D eigenvalue weighted by Crippen LogP contribution is 2.19. The number of carboxylic acids is 1. The molecule has 2 aromatic rings. The van der Waals surface area contributed by atoms with Crippen molar-refractivity contribution >= 4 is 17.6 Å². The number of pyridine rings is 1. The van der Waals surface area contributed by atoms with Gasteiger partial charge in [0.05, 0.1) is 5.69 Å². The lowest BCUT2D eigenvalue weighted by Crippen LogP contribution is -2.25. The molecule has 0 saturated heterocycles. The third kappa shape index (κ3) is 2.49. The Labute approximate surface area is 116 Å². The maximum atomic E-state index is 12.2. The van der Waals surface area contributed by atoms with E-state index in [0.717, 1.165) is 0 Å². The minimum Gasteiger partial charge on any atom is -0.478 e. The van der Waals surface area contributed by atoms with Gasteiger partial charge >= 0.3 is 11.9 Å². The van der Waals surface area contributed by atoms with Gasteiger partial charge in [0.15, 0.2) is 11.3 Å². The molecule has 0 aliphatic rings. The quantitative estimate of drug-likeness (QED) is 0.851. The highest BCUT2D eigenvalue weighted by Gasteiger charge is 2.25. The van der Waals surface area contributed by atoms with Crippen molar-refractivity contribution in [3.05, 3.63) is 35.3 Å². The number of esters is 1. The molecule has 6 heteroatoms. The first-order chi connectivity index (χ1) is 9.20. The van der Waals surface area contributed by atoms with E-state index in [4.69, 9.17) is 9.84 Å². The molecule has 0 aliphatic heterocycles. The largest absolute Gasteiger partial charge is 0.478 e. The Bertz CT molecular complexity index is 695. The van der Waals surface area contributed by atoms with Crippen LogP contribution in [0, 0.1) is 6.92 Å². The number of hydrogen-bond acceptors (Lipinski definition) is 4. The normalized spacial score (nSPS) is 11.6. The minimum atomic E-state index is -1.09. The molecule has 2 heterocycles. The molecular formula is C14H16N2O4. The number of carbonyl (C=O) groups excluding carboxylic acids is 1. The molecule has 0 aromatic carbocycles. The first kappa shape index (κ1) is 14.0. The molecule has 1 N–H and O–H groups in total. The molecule has 6 nitrogen and oxygen atoms in total. The van der Waals surface area contributed by atoms with E-state index in [-0.39, 0.29) is 16.9 Å². The molecule has 0 amide bonds. The van der Waals surface area contributed by atoms with Crippen LogP contribution in [0.5, 0.6) is 0 Å². The van der Waals surface area contributed by atoms with Gasteiger partial charge in [-0.3, -0.25) is 4.40 Å². The van der Waals surface area contributed by atoms with Crippen LogP contribution < -0.4 is 0 Å². The van der Waals surface area contributed by atoms with E-state index in [9.17, 15) is 9.59 Å². The van der Waals surface area contributed by atoms with Gasteiger partial charge in [-0.05, 0) is 39.8 Å². The lowest BCUT2D eigenvalue weighted by atomic mass is 10.2. The van der Waals surface area contributed by atoms with Crippen molar-refractivity contribution < 1.29 is 19.4 Å². The Morgan fingerprint density at radius 2 is 2.00 bits per heavy atom. The fourth-order valence-corrected chi connectivity index (χ4v) is 1.92. The number of ether oxygens (including phenoxy) is 1. The topological polar surface area (TPSA) is 80.9 Å². The number of aromatic nitrogens is 2. The Hall–Kier alpha value is -2.37. The van der Waals surface area contributed by atoms with Crippen LogP contribution in [0.3, 0.4) is 0 Å². The molecule has 0 bridgehead atoms. The van der Waals surface area contributed by atoms with Gasteiger partial charge in [-0.1, -0.05) is 0 Å². The lowest BCUT2D eigenvalue weighted by molar-refractivity contribution is 0.00605. The number of fused-ring (bicyclic) bond motifs is 1. The highest BCUT2D eigenvalue weighted by molar-refractivity contribution is 5.97. The van der Waals surface area contributed by atoms with Crippen LogP contribution >= 0.6 is 0 Å². The Morgan fingerprint density at radius 3 is 2.55 bits per heavy atom. The van der Waals surface area contributed by atoms with Crippen LogP contribution in [-0.2, 0) is 4.74 Å². The SMILES string of the molecule is Cc1nc2c(C(=O)O)cccn2c1C(=O)OC(C)(C)C. The summed E-state index contributed by atoms with van der Waals surface area (Å²) in [5.41, 5.74) is 0.340. The van der Waals surface area contributed by atoms with Crippen LogP contribution in [0.2, 0.25) is 0 Å². The second kappa shape index (κ2) is 4.63. The van der Waals surface area contributed by atoms with Crippen molar-refractivity contribution in [2.45, 2.75) is 33.3 Å². The summed E-state index contributed by atoms with van der Waals surface area (Å²) in [5.74, 6) is -1.61. The van der Waals surface area contributed by atoms with Gasteiger partial charge in [-0.2, -0.15) is 0 Å². The zero-order chi connectivity index (χ0) is 15.1. The Kier molecular flexibility index (Phi) is 3.25. The number of imidazole rings is 1. The lowest BCUT2D eigenvalue weighted by Gasteiger charge is -2.19. The number of hydrogen-bond donors (Lipinski definition) is 1. The smallest absolute Gasteiger partial charge is 0.357 e. The van der Waals surface area contributed by atoms with Gasteiger partial charge in [0.25, 0.3) is 0 Å². The highest BCUT2D eigenvalue weighted by atomic mass is 16.6. The molecular weight excluding hydrogens is 260 g/mol.